The van der Waals surface area contributed by atoms with E-state index in [0.717, 1.165) is 29.9 Å². The number of amides is 2. The molecule has 2 heterocycles. The Morgan fingerprint density at radius 3 is 2.67 bits per heavy atom. The van der Waals surface area contributed by atoms with Crippen LogP contribution in [-0.4, -0.2) is 28.2 Å². The van der Waals surface area contributed by atoms with E-state index in [4.69, 9.17) is 0 Å². The SMILES string of the molecule is Cc1cccc(CNC(=O)c2ccc(CN3CCCC3=O)cc2)n1. The molecule has 5 nitrogen and oxygen atoms in total. The van der Waals surface area contributed by atoms with Crippen molar-refractivity contribution in [1.29, 1.82) is 0 Å². The summed E-state index contributed by atoms with van der Waals surface area (Å²) in [5.41, 5.74) is 3.43. The van der Waals surface area contributed by atoms with Crippen molar-refractivity contribution in [2.24, 2.45) is 0 Å². The number of carbonyl (C=O) groups is 2. The molecular formula is C19H21N3O2. The highest BCUT2D eigenvalue weighted by Gasteiger charge is 2.19. The minimum atomic E-state index is -0.123. The molecule has 0 spiro atoms. The number of pyridine rings is 1. The first-order chi connectivity index (χ1) is 11.6. The molecule has 2 aromatic rings. The van der Waals surface area contributed by atoms with Gasteiger partial charge in [-0.05, 0) is 43.2 Å². The fourth-order valence-electron chi connectivity index (χ4n) is 2.82. The first-order valence-corrected chi connectivity index (χ1v) is 8.19. The van der Waals surface area contributed by atoms with Gasteiger partial charge < -0.3 is 10.2 Å². The van der Waals surface area contributed by atoms with E-state index in [1.165, 1.54) is 0 Å². The lowest BCUT2D eigenvalue weighted by atomic mass is 10.1. The molecule has 0 aliphatic carbocycles. The van der Waals surface area contributed by atoms with Crippen LogP contribution in [0, 0.1) is 6.92 Å². The third-order valence-electron chi connectivity index (χ3n) is 4.14. The van der Waals surface area contributed by atoms with Gasteiger partial charge in [-0.25, -0.2) is 0 Å². The van der Waals surface area contributed by atoms with Gasteiger partial charge in [0.25, 0.3) is 5.91 Å². The Bertz CT molecular complexity index is 741. The van der Waals surface area contributed by atoms with Crippen molar-refractivity contribution in [2.75, 3.05) is 6.54 Å². The smallest absolute Gasteiger partial charge is 0.251 e. The summed E-state index contributed by atoms with van der Waals surface area (Å²) in [6.07, 6.45) is 1.58. The van der Waals surface area contributed by atoms with Crippen LogP contribution in [0.2, 0.25) is 0 Å². The lowest BCUT2D eigenvalue weighted by Crippen LogP contribution is -2.24. The van der Waals surface area contributed by atoms with E-state index in [1.54, 1.807) is 12.1 Å². The Morgan fingerprint density at radius 2 is 2.00 bits per heavy atom. The summed E-state index contributed by atoms with van der Waals surface area (Å²) in [5, 5.41) is 2.88. The number of rotatable bonds is 5. The zero-order valence-electron chi connectivity index (χ0n) is 13.8. The Hall–Kier alpha value is -2.69. The van der Waals surface area contributed by atoms with Crippen molar-refractivity contribution in [3.8, 4) is 0 Å². The third kappa shape index (κ3) is 3.98. The fourth-order valence-corrected chi connectivity index (χ4v) is 2.82. The van der Waals surface area contributed by atoms with E-state index in [9.17, 15) is 9.59 Å². The average molecular weight is 323 g/mol. The Kier molecular flexibility index (Phi) is 4.89. The first kappa shape index (κ1) is 16.2. The highest BCUT2D eigenvalue weighted by molar-refractivity contribution is 5.94. The average Bonchev–Trinajstić information content (AvgIpc) is 2.98. The number of benzene rings is 1. The van der Waals surface area contributed by atoms with Crippen LogP contribution in [0.5, 0.6) is 0 Å². The molecule has 1 aliphatic rings. The number of hydrogen-bond acceptors (Lipinski definition) is 3. The van der Waals surface area contributed by atoms with Crippen LogP contribution in [-0.2, 0) is 17.9 Å². The number of nitrogens with one attached hydrogen (secondary N) is 1. The molecule has 0 saturated carbocycles. The molecule has 1 N–H and O–H groups in total. The van der Waals surface area contributed by atoms with E-state index < -0.39 is 0 Å². The van der Waals surface area contributed by atoms with E-state index in [1.807, 2.05) is 42.2 Å². The molecule has 2 amide bonds. The van der Waals surface area contributed by atoms with Gasteiger partial charge in [-0.2, -0.15) is 0 Å². The van der Waals surface area contributed by atoms with Crippen molar-refractivity contribution in [3.05, 3.63) is 65.0 Å². The monoisotopic (exact) mass is 323 g/mol. The van der Waals surface area contributed by atoms with Crippen molar-refractivity contribution < 1.29 is 9.59 Å². The number of carbonyl (C=O) groups excluding carboxylic acids is 2. The van der Waals surface area contributed by atoms with Gasteiger partial charge in [0.05, 0.1) is 12.2 Å². The van der Waals surface area contributed by atoms with E-state index in [0.29, 0.717) is 25.1 Å². The summed E-state index contributed by atoms with van der Waals surface area (Å²) in [6, 6.07) is 13.2. The van der Waals surface area contributed by atoms with Crippen molar-refractivity contribution in [3.63, 3.8) is 0 Å². The summed E-state index contributed by atoms with van der Waals surface area (Å²) >= 11 is 0. The van der Waals surface area contributed by atoms with Gasteiger partial charge in [-0.1, -0.05) is 18.2 Å². The van der Waals surface area contributed by atoms with Gasteiger partial charge in [0, 0.05) is 30.8 Å². The largest absolute Gasteiger partial charge is 0.346 e. The number of nitrogens with zero attached hydrogens (tertiary/aromatic N) is 2. The molecular weight excluding hydrogens is 302 g/mol. The molecule has 1 aromatic heterocycles. The van der Waals surface area contributed by atoms with Crippen LogP contribution in [0.4, 0.5) is 0 Å². The third-order valence-corrected chi connectivity index (χ3v) is 4.14. The summed E-state index contributed by atoms with van der Waals surface area (Å²) in [7, 11) is 0. The second-order valence-electron chi connectivity index (χ2n) is 6.07. The molecule has 0 atom stereocenters. The standard InChI is InChI=1S/C19H21N3O2/c1-14-4-2-5-17(21-14)12-20-19(24)16-9-7-15(8-10-16)13-22-11-3-6-18(22)23/h2,4-5,7-10H,3,6,11-13H2,1H3,(H,20,24). The number of likely N-dealkylation sites (tertiary alicyclic amines) is 1. The molecule has 124 valence electrons. The van der Waals surface area contributed by atoms with E-state index in [2.05, 4.69) is 10.3 Å². The number of hydrogen-bond donors (Lipinski definition) is 1. The predicted molar refractivity (Wildman–Crippen MR) is 91.2 cm³/mol. The minimum absolute atomic E-state index is 0.123. The van der Waals surface area contributed by atoms with Gasteiger partial charge in [0.2, 0.25) is 5.91 Å². The molecule has 0 bridgehead atoms. The van der Waals surface area contributed by atoms with Crippen LogP contribution in [0.1, 0.15) is 40.2 Å². The lowest BCUT2D eigenvalue weighted by molar-refractivity contribution is -0.128. The van der Waals surface area contributed by atoms with Gasteiger partial charge >= 0.3 is 0 Å². The Labute approximate surface area is 141 Å². The number of aromatic nitrogens is 1. The van der Waals surface area contributed by atoms with Gasteiger partial charge in [0.1, 0.15) is 0 Å². The summed E-state index contributed by atoms with van der Waals surface area (Å²) in [6.45, 7) is 3.78. The molecule has 1 aromatic carbocycles. The van der Waals surface area contributed by atoms with E-state index >= 15 is 0 Å². The topological polar surface area (TPSA) is 62.3 Å². The van der Waals surface area contributed by atoms with Crippen LogP contribution in [0.15, 0.2) is 42.5 Å². The molecule has 5 heteroatoms. The minimum Gasteiger partial charge on any atom is -0.346 e. The molecule has 1 saturated heterocycles. The van der Waals surface area contributed by atoms with Crippen LogP contribution in [0.3, 0.4) is 0 Å². The maximum atomic E-state index is 12.2. The summed E-state index contributed by atoms with van der Waals surface area (Å²) < 4.78 is 0. The van der Waals surface area contributed by atoms with E-state index in [-0.39, 0.29) is 11.8 Å². The maximum absolute atomic E-state index is 12.2. The molecule has 24 heavy (non-hydrogen) atoms. The summed E-state index contributed by atoms with van der Waals surface area (Å²) in [5.74, 6) is 0.0876. The fraction of sp³-hybridized carbons (Fsp3) is 0.316. The Morgan fingerprint density at radius 1 is 1.21 bits per heavy atom. The second-order valence-corrected chi connectivity index (χ2v) is 6.07. The van der Waals surface area contributed by atoms with Crippen molar-refractivity contribution >= 4 is 11.8 Å². The maximum Gasteiger partial charge on any atom is 0.251 e. The lowest BCUT2D eigenvalue weighted by Gasteiger charge is -2.15. The normalized spacial score (nSPS) is 14.0. The quantitative estimate of drug-likeness (QED) is 0.919. The highest BCUT2D eigenvalue weighted by Crippen LogP contribution is 2.14. The number of aryl methyl sites for hydroxylation is 1. The van der Waals surface area contributed by atoms with Crippen LogP contribution in [0.25, 0.3) is 0 Å². The van der Waals surface area contributed by atoms with Crippen LogP contribution < -0.4 is 5.32 Å². The molecule has 3 rings (SSSR count). The summed E-state index contributed by atoms with van der Waals surface area (Å²) in [4.78, 5) is 30.1. The highest BCUT2D eigenvalue weighted by atomic mass is 16.2. The van der Waals surface area contributed by atoms with Gasteiger partial charge in [0.15, 0.2) is 0 Å². The zero-order chi connectivity index (χ0) is 16.9. The second kappa shape index (κ2) is 7.25. The van der Waals surface area contributed by atoms with Crippen molar-refractivity contribution in [1.82, 2.24) is 15.2 Å². The predicted octanol–water partition coefficient (Wildman–Crippen LogP) is 2.44. The van der Waals surface area contributed by atoms with Crippen molar-refractivity contribution in [2.45, 2.75) is 32.9 Å². The van der Waals surface area contributed by atoms with Gasteiger partial charge in [-0.15, -0.1) is 0 Å². The molecule has 0 unspecified atom stereocenters. The Balaban J connectivity index is 1.56. The molecule has 1 aliphatic heterocycles. The van der Waals surface area contributed by atoms with Crippen LogP contribution >= 0.6 is 0 Å². The van der Waals surface area contributed by atoms with Gasteiger partial charge in [-0.3, -0.25) is 14.6 Å². The zero-order valence-corrected chi connectivity index (χ0v) is 13.8. The molecule has 0 radical (unpaired) electrons. The molecule has 1 fully saturated rings. The first-order valence-electron chi connectivity index (χ1n) is 8.19.